The summed E-state index contributed by atoms with van der Waals surface area (Å²) in [5.41, 5.74) is 1.09. The van der Waals surface area contributed by atoms with Crippen molar-refractivity contribution >= 4 is 11.7 Å². The highest BCUT2D eigenvalue weighted by atomic mass is 16.4. The molecule has 4 heteroatoms. The van der Waals surface area contributed by atoms with Crippen LogP contribution in [0.1, 0.15) is 30.1 Å². The number of piperidine rings is 1. The lowest BCUT2D eigenvalue weighted by molar-refractivity contribution is 0.0698. The van der Waals surface area contributed by atoms with Gasteiger partial charge in [-0.05, 0) is 31.5 Å². The van der Waals surface area contributed by atoms with Crippen LogP contribution in [0.3, 0.4) is 0 Å². The SMILES string of the molecule is CCN1CCC(Nc2ccccc2C(=O)O)CC1. The number of carboxylic acids is 1. The largest absolute Gasteiger partial charge is 0.478 e. The van der Waals surface area contributed by atoms with E-state index in [0.717, 1.165) is 38.2 Å². The first-order chi connectivity index (χ1) is 8.70. The Labute approximate surface area is 108 Å². The number of aromatic carboxylic acids is 1. The van der Waals surface area contributed by atoms with E-state index in [1.165, 1.54) is 0 Å². The first-order valence-corrected chi connectivity index (χ1v) is 6.52. The van der Waals surface area contributed by atoms with Crippen molar-refractivity contribution in [1.82, 2.24) is 4.90 Å². The summed E-state index contributed by atoms with van der Waals surface area (Å²) in [7, 11) is 0. The average Bonchev–Trinajstić information content (AvgIpc) is 2.40. The Bertz CT molecular complexity index is 412. The first-order valence-electron chi connectivity index (χ1n) is 6.52. The molecule has 0 radical (unpaired) electrons. The van der Waals surface area contributed by atoms with E-state index in [1.807, 2.05) is 12.1 Å². The molecule has 0 aromatic heterocycles. The second-order valence-electron chi connectivity index (χ2n) is 4.70. The molecule has 0 spiro atoms. The summed E-state index contributed by atoms with van der Waals surface area (Å²) in [5.74, 6) is -0.871. The number of hydrogen-bond acceptors (Lipinski definition) is 3. The van der Waals surface area contributed by atoms with Crippen molar-refractivity contribution in [2.45, 2.75) is 25.8 Å². The molecule has 0 atom stereocenters. The second kappa shape index (κ2) is 5.87. The average molecular weight is 248 g/mol. The van der Waals surface area contributed by atoms with E-state index in [9.17, 15) is 4.79 Å². The van der Waals surface area contributed by atoms with E-state index >= 15 is 0 Å². The summed E-state index contributed by atoms with van der Waals surface area (Å²) in [4.78, 5) is 13.5. The molecule has 0 amide bonds. The van der Waals surface area contributed by atoms with Crippen molar-refractivity contribution in [3.63, 3.8) is 0 Å². The predicted octanol–water partition coefficient (Wildman–Crippen LogP) is 2.28. The zero-order valence-corrected chi connectivity index (χ0v) is 10.7. The Balaban J connectivity index is 2.00. The van der Waals surface area contributed by atoms with Crippen LogP contribution in [0.15, 0.2) is 24.3 Å². The molecule has 0 aliphatic carbocycles. The fourth-order valence-electron chi connectivity index (χ4n) is 2.41. The monoisotopic (exact) mass is 248 g/mol. The number of nitrogens with zero attached hydrogens (tertiary/aromatic N) is 1. The first kappa shape index (κ1) is 12.9. The normalized spacial score (nSPS) is 17.6. The molecular formula is C14H20N2O2. The van der Waals surface area contributed by atoms with Gasteiger partial charge in [0, 0.05) is 24.8 Å². The standard InChI is InChI=1S/C14H20N2O2/c1-2-16-9-7-11(8-10-16)15-13-6-4-3-5-12(13)14(17)18/h3-6,11,15H,2,7-10H2,1H3,(H,17,18). The number of nitrogens with one attached hydrogen (secondary N) is 1. The maximum atomic E-state index is 11.1. The molecule has 0 unspecified atom stereocenters. The fraction of sp³-hybridized carbons (Fsp3) is 0.500. The number of para-hydroxylation sites is 1. The molecule has 4 nitrogen and oxygen atoms in total. The minimum atomic E-state index is -0.871. The maximum Gasteiger partial charge on any atom is 0.337 e. The van der Waals surface area contributed by atoms with Gasteiger partial charge in [-0.1, -0.05) is 19.1 Å². The number of carboxylic acid groups (broad SMARTS) is 1. The van der Waals surface area contributed by atoms with Gasteiger partial charge in [0.05, 0.1) is 5.56 Å². The number of benzene rings is 1. The molecular weight excluding hydrogens is 228 g/mol. The maximum absolute atomic E-state index is 11.1. The molecule has 1 aliphatic heterocycles. The number of rotatable bonds is 4. The van der Waals surface area contributed by atoms with Crippen molar-refractivity contribution in [2.24, 2.45) is 0 Å². The molecule has 1 aliphatic rings. The lowest BCUT2D eigenvalue weighted by Crippen LogP contribution is -2.39. The van der Waals surface area contributed by atoms with Gasteiger partial charge in [-0.3, -0.25) is 0 Å². The minimum Gasteiger partial charge on any atom is -0.478 e. The van der Waals surface area contributed by atoms with Crippen LogP contribution in [0.4, 0.5) is 5.69 Å². The van der Waals surface area contributed by atoms with Crippen LogP contribution in [0, 0.1) is 0 Å². The van der Waals surface area contributed by atoms with Crippen LogP contribution in [0.2, 0.25) is 0 Å². The van der Waals surface area contributed by atoms with E-state index in [1.54, 1.807) is 12.1 Å². The van der Waals surface area contributed by atoms with E-state index in [-0.39, 0.29) is 0 Å². The number of likely N-dealkylation sites (tertiary alicyclic amines) is 1. The van der Waals surface area contributed by atoms with E-state index in [0.29, 0.717) is 11.6 Å². The molecule has 0 saturated carbocycles. The van der Waals surface area contributed by atoms with Crippen molar-refractivity contribution in [3.05, 3.63) is 29.8 Å². The number of hydrogen-bond donors (Lipinski definition) is 2. The van der Waals surface area contributed by atoms with Crippen LogP contribution in [0.5, 0.6) is 0 Å². The molecule has 1 saturated heterocycles. The Hall–Kier alpha value is -1.55. The van der Waals surface area contributed by atoms with Gasteiger partial charge < -0.3 is 15.3 Å². The van der Waals surface area contributed by atoms with Crippen LogP contribution < -0.4 is 5.32 Å². The van der Waals surface area contributed by atoms with Gasteiger partial charge in [0.15, 0.2) is 0 Å². The van der Waals surface area contributed by atoms with E-state index in [2.05, 4.69) is 17.1 Å². The molecule has 98 valence electrons. The summed E-state index contributed by atoms with van der Waals surface area (Å²) in [6.07, 6.45) is 2.14. The van der Waals surface area contributed by atoms with Gasteiger partial charge in [0.25, 0.3) is 0 Å². The highest BCUT2D eigenvalue weighted by Crippen LogP contribution is 2.20. The van der Waals surface area contributed by atoms with Crippen LogP contribution >= 0.6 is 0 Å². The summed E-state index contributed by atoms with van der Waals surface area (Å²) >= 11 is 0. The highest BCUT2D eigenvalue weighted by Gasteiger charge is 2.19. The predicted molar refractivity (Wildman–Crippen MR) is 72.2 cm³/mol. The summed E-state index contributed by atoms with van der Waals surface area (Å²) < 4.78 is 0. The van der Waals surface area contributed by atoms with Crippen LogP contribution in [-0.2, 0) is 0 Å². The van der Waals surface area contributed by atoms with Gasteiger partial charge in [0.1, 0.15) is 0 Å². The van der Waals surface area contributed by atoms with Crippen LogP contribution in [-0.4, -0.2) is 41.7 Å². The van der Waals surface area contributed by atoms with Crippen LogP contribution in [0.25, 0.3) is 0 Å². The molecule has 18 heavy (non-hydrogen) atoms. The van der Waals surface area contributed by atoms with E-state index < -0.39 is 5.97 Å². The molecule has 1 aromatic rings. The highest BCUT2D eigenvalue weighted by molar-refractivity contribution is 5.94. The van der Waals surface area contributed by atoms with Crippen molar-refractivity contribution in [1.29, 1.82) is 0 Å². The molecule has 1 heterocycles. The summed E-state index contributed by atoms with van der Waals surface area (Å²) in [6.45, 7) is 5.44. The fourth-order valence-corrected chi connectivity index (χ4v) is 2.41. The quantitative estimate of drug-likeness (QED) is 0.858. The number of carbonyl (C=O) groups is 1. The molecule has 0 bridgehead atoms. The Kier molecular flexibility index (Phi) is 4.20. The topological polar surface area (TPSA) is 52.6 Å². The lowest BCUT2D eigenvalue weighted by Gasteiger charge is -2.32. The third kappa shape index (κ3) is 3.01. The second-order valence-corrected chi connectivity index (χ2v) is 4.70. The van der Waals surface area contributed by atoms with Crippen molar-refractivity contribution < 1.29 is 9.90 Å². The molecule has 2 N–H and O–H groups in total. The van der Waals surface area contributed by atoms with Gasteiger partial charge in [0.2, 0.25) is 0 Å². The van der Waals surface area contributed by atoms with Gasteiger partial charge in [-0.15, -0.1) is 0 Å². The van der Waals surface area contributed by atoms with Gasteiger partial charge in [-0.2, -0.15) is 0 Å². The van der Waals surface area contributed by atoms with E-state index in [4.69, 9.17) is 5.11 Å². The smallest absolute Gasteiger partial charge is 0.337 e. The Morgan fingerprint density at radius 1 is 1.39 bits per heavy atom. The minimum absolute atomic E-state index is 0.357. The summed E-state index contributed by atoms with van der Waals surface area (Å²) in [5, 5.41) is 12.5. The number of anilines is 1. The lowest BCUT2D eigenvalue weighted by atomic mass is 10.0. The van der Waals surface area contributed by atoms with Crippen molar-refractivity contribution in [2.75, 3.05) is 25.0 Å². The van der Waals surface area contributed by atoms with Gasteiger partial charge >= 0.3 is 5.97 Å². The zero-order chi connectivity index (χ0) is 13.0. The molecule has 2 rings (SSSR count). The molecule has 1 aromatic carbocycles. The Morgan fingerprint density at radius 3 is 2.67 bits per heavy atom. The Morgan fingerprint density at radius 2 is 2.06 bits per heavy atom. The summed E-state index contributed by atoms with van der Waals surface area (Å²) in [6, 6.07) is 7.50. The third-order valence-electron chi connectivity index (χ3n) is 3.55. The zero-order valence-electron chi connectivity index (χ0n) is 10.7. The molecule has 1 fully saturated rings. The van der Waals surface area contributed by atoms with Crippen molar-refractivity contribution in [3.8, 4) is 0 Å². The van der Waals surface area contributed by atoms with Gasteiger partial charge in [-0.25, -0.2) is 4.79 Å². The third-order valence-corrected chi connectivity index (χ3v) is 3.55.